The maximum Gasteiger partial charge on any atom is 0.253 e. The summed E-state index contributed by atoms with van der Waals surface area (Å²) in [5.74, 6) is 1.30. The van der Waals surface area contributed by atoms with Gasteiger partial charge >= 0.3 is 0 Å². The summed E-state index contributed by atoms with van der Waals surface area (Å²) < 4.78 is 29.8. The summed E-state index contributed by atoms with van der Waals surface area (Å²) in [6.45, 7) is 0.804. The van der Waals surface area contributed by atoms with Gasteiger partial charge in [-0.2, -0.15) is 4.98 Å². The van der Waals surface area contributed by atoms with Crippen LogP contribution in [0, 0.1) is 5.82 Å². The Bertz CT molecular complexity index is 1250. The Kier molecular flexibility index (Phi) is 7.72. The van der Waals surface area contributed by atoms with E-state index >= 15 is 0 Å². The van der Waals surface area contributed by atoms with Crippen molar-refractivity contribution in [3.05, 3.63) is 95.6 Å². The van der Waals surface area contributed by atoms with E-state index in [1.807, 2.05) is 30.3 Å². The van der Waals surface area contributed by atoms with Crippen LogP contribution in [-0.2, 0) is 12.8 Å². The Hall–Kier alpha value is -4.20. The van der Waals surface area contributed by atoms with E-state index in [4.69, 9.17) is 14.0 Å². The Balaban J connectivity index is 1.49. The summed E-state index contributed by atoms with van der Waals surface area (Å²) in [4.78, 5) is 19.3. The molecule has 4 rings (SSSR count). The monoisotopic (exact) mass is 475 g/mol. The van der Waals surface area contributed by atoms with Crippen LogP contribution in [-0.4, -0.2) is 48.3 Å². The lowest BCUT2D eigenvalue weighted by molar-refractivity contribution is 0.0755. The molecule has 8 heteroatoms. The first-order valence-electron chi connectivity index (χ1n) is 11.2. The van der Waals surface area contributed by atoms with Crippen molar-refractivity contribution in [1.29, 1.82) is 0 Å². The number of methoxy groups -OCH3 is 2. The number of hydrogen-bond acceptors (Lipinski definition) is 6. The van der Waals surface area contributed by atoms with Gasteiger partial charge in [-0.15, -0.1) is 0 Å². The van der Waals surface area contributed by atoms with Gasteiger partial charge in [-0.25, -0.2) is 4.39 Å². The first-order chi connectivity index (χ1) is 17.1. The lowest BCUT2D eigenvalue weighted by Gasteiger charge is -2.22. The highest BCUT2D eigenvalue weighted by molar-refractivity contribution is 5.94. The minimum Gasteiger partial charge on any atom is -0.497 e. The molecule has 0 aliphatic carbocycles. The molecule has 1 heterocycles. The third kappa shape index (κ3) is 6.23. The molecule has 0 atom stereocenters. The molecule has 0 saturated carbocycles. The minimum absolute atomic E-state index is 0.252. The standard InChI is InChI=1S/C27H26FN3O4/c1-33-23-16-21(17-24(18-23)34-2)26-29-25(35-30-26)12-14-31(13-11-19-7-4-3-5-8-19)27(32)20-9-6-10-22(28)15-20/h3-10,15-18H,11-14H2,1-2H3. The summed E-state index contributed by atoms with van der Waals surface area (Å²) in [5, 5.41) is 4.07. The van der Waals surface area contributed by atoms with Gasteiger partial charge in [0.25, 0.3) is 5.91 Å². The van der Waals surface area contributed by atoms with E-state index in [0.717, 1.165) is 5.56 Å². The molecule has 0 fully saturated rings. The molecule has 0 aliphatic heterocycles. The zero-order chi connectivity index (χ0) is 24.6. The molecule has 0 unspecified atom stereocenters. The van der Waals surface area contributed by atoms with Crippen LogP contribution in [0.4, 0.5) is 4.39 Å². The molecule has 0 saturated heterocycles. The largest absolute Gasteiger partial charge is 0.497 e. The quantitative estimate of drug-likeness (QED) is 0.327. The summed E-state index contributed by atoms with van der Waals surface area (Å²) >= 11 is 0. The van der Waals surface area contributed by atoms with Gasteiger partial charge in [0.2, 0.25) is 11.7 Å². The fourth-order valence-corrected chi connectivity index (χ4v) is 3.67. The van der Waals surface area contributed by atoms with Crippen molar-refractivity contribution in [2.45, 2.75) is 12.8 Å². The van der Waals surface area contributed by atoms with E-state index in [1.165, 1.54) is 18.2 Å². The molecular formula is C27H26FN3O4. The summed E-state index contributed by atoms with van der Waals surface area (Å²) in [6.07, 6.45) is 1.02. The highest BCUT2D eigenvalue weighted by Gasteiger charge is 2.19. The van der Waals surface area contributed by atoms with Crippen molar-refractivity contribution in [3.8, 4) is 22.9 Å². The van der Waals surface area contributed by atoms with Gasteiger partial charge in [-0.05, 0) is 42.3 Å². The number of nitrogens with zero attached hydrogens (tertiary/aromatic N) is 3. The fraction of sp³-hybridized carbons (Fsp3) is 0.222. The SMILES string of the molecule is COc1cc(OC)cc(-c2noc(CCN(CCc3ccccc3)C(=O)c3cccc(F)c3)n2)c1. The lowest BCUT2D eigenvalue weighted by atomic mass is 10.1. The van der Waals surface area contributed by atoms with E-state index < -0.39 is 5.82 Å². The van der Waals surface area contributed by atoms with Crippen molar-refractivity contribution in [1.82, 2.24) is 15.0 Å². The number of hydrogen-bond donors (Lipinski definition) is 0. The third-order valence-corrected chi connectivity index (χ3v) is 5.55. The number of carbonyl (C=O) groups is 1. The average molecular weight is 476 g/mol. The van der Waals surface area contributed by atoms with Gasteiger partial charge in [0, 0.05) is 36.7 Å². The number of halogens is 1. The highest BCUT2D eigenvalue weighted by Crippen LogP contribution is 2.28. The van der Waals surface area contributed by atoms with Gasteiger partial charge in [0.05, 0.1) is 14.2 Å². The molecule has 35 heavy (non-hydrogen) atoms. The second kappa shape index (κ2) is 11.3. The van der Waals surface area contributed by atoms with Crippen LogP contribution in [0.25, 0.3) is 11.4 Å². The number of rotatable bonds is 10. The number of carbonyl (C=O) groups excluding carboxylic acids is 1. The zero-order valence-electron chi connectivity index (χ0n) is 19.6. The topological polar surface area (TPSA) is 77.7 Å². The predicted octanol–water partition coefficient (Wildman–Crippen LogP) is 4.82. The maximum atomic E-state index is 13.7. The first kappa shape index (κ1) is 23.9. The zero-order valence-corrected chi connectivity index (χ0v) is 19.6. The number of amides is 1. The van der Waals surface area contributed by atoms with Crippen LogP contribution in [0.3, 0.4) is 0 Å². The number of aromatic nitrogens is 2. The van der Waals surface area contributed by atoms with Crippen LogP contribution < -0.4 is 9.47 Å². The molecule has 0 radical (unpaired) electrons. The molecule has 0 spiro atoms. The van der Waals surface area contributed by atoms with E-state index in [9.17, 15) is 9.18 Å². The highest BCUT2D eigenvalue weighted by atomic mass is 19.1. The molecule has 4 aromatic rings. The van der Waals surface area contributed by atoms with E-state index in [1.54, 1.807) is 43.4 Å². The van der Waals surface area contributed by atoms with Crippen LogP contribution in [0.5, 0.6) is 11.5 Å². The van der Waals surface area contributed by atoms with Gasteiger partial charge in [-0.1, -0.05) is 41.6 Å². The second-order valence-corrected chi connectivity index (χ2v) is 7.90. The Morgan fingerprint density at radius 2 is 1.63 bits per heavy atom. The van der Waals surface area contributed by atoms with E-state index in [-0.39, 0.29) is 5.91 Å². The Morgan fingerprint density at radius 3 is 2.31 bits per heavy atom. The predicted molar refractivity (Wildman–Crippen MR) is 129 cm³/mol. The molecule has 7 nitrogen and oxygen atoms in total. The minimum atomic E-state index is -0.450. The molecule has 1 amide bonds. The van der Waals surface area contributed by atoms with Gasteiger partial charge in [0.15, 0.2) is 0 Å². The third-order valence-electron chi connectivity index (χ3n) is 5.55. The molecular weight excluding hydrogens is 449 g/mol. The summed E-state index contributed by atoms with van der Waals surface area (Å²) in [5.41, 5.74) is 2.09. The van der Waals surface area contributed by atoms with E-state index in [2.05, 4.69) is 10.1 Å². The maximum absolute atomic E-state index is 13.7. The van der Waals surface area contributed by atoms with Gasteiger partial charge < -0.3 is 18.9 Å². The van der Waals surface area contributed by atoms with Crippen LogP contribution in [0.1, 0.15) is 21.8 Å². The van der Waals surface area contributed by atoms with Crippen LogP contribution in [0.2, 0.25) is 0 Å². The molecule has 180 valence electrons. The average Bonchev–Trinajstić information content (AvgIpc) is 3.38. The van der Waals surface area contributed by atoms with Crippen molar-refractivity contribution in [3.63, 3.8) is 0 Å². The smallest absolute Gasteiger partial charge is 0.253 e. The fourth-order valence-electron chi connectivity index (χ4n) is 3.67. The molecule has 3 aromatic carbocycles. The summed E-state index contributed by atoms with van der Waals surface area (Å²) in [6, 6.07) is 20.9. The van der Waals surface area contributed by atoms with Crippen molar-refractivity contribution in [2.75, 3.05) is 27.3 Å². The Morgan fingerprint density at radius 1 is 0.914 bits per heavy atom. The number of ether oxygens (including phenoxy) is 2. The van der Waals surface area contributed by atoms with Crippen molar-refractivity contribution in [2.24, 2.45) is 0 Å². The van der Waals surface area contributed by atoms with Crippen LogP contribution in [0.15, 0.2) is 77.3 Å². The van der Waals surface area contributed by atoms with Crippen molar-refractivity contribution >= 4 is 5.91 Å². The molecule has 0 bridgehead atoms. The van der Waals surface area contributed by atoms with Crippen LogP contribution >= 0.6 is 0 Å². The van der Waals surface area contributed by atoms with Crippen molar-refractivity contribution < 1.29 is 23.2 Å². The normalized spacial score (nSPS) is 10.7. The second-order valence-electron chi connectivity index (χ2n) is 7.90. The van der Waals surface area contributed by atoms with E-state index in [0.29, 0.717) is 60.3 Å². The van der Waals surface area contributed by atoms with Gasteiger partial charge in [-0.3, -0.25) is 4.79 Å². The first-order valence-corrected chi connectivity index (χ1v) is 11.2. The Labute approximate surface area is 203 Å². The molecule has 0 N–H and O–H groups in total. The molecule has 0 aliphatic rings. The lowest BCUT2D eigenvalue weighted by Crippen LogP contribution is -2.35. The number of benzene rings is 3. The van der Waals surface area contributed by atoms with Gasteiger partial charge in [0.1, 0.15) is 17.3 Å². The summed E-state index contributed by atoms with van der Waals surface area (Å²) in [7, 11) is 3.14. The molecule has 1 aromatic heterocycles.